The van der Waals surface area contributed by atoms with Gasteiger partial charge in [0.1, 0.15) is 6.04 Å². The first-order valence-electron chi connectivity index (χ1n) is 9.38. The van der Waals surface area contributed by atoms with E-state index in [9.17, 15) is 14.4 Å². The van der Waals surface area contributed by atoms with Gasteiger partial charge in [-0.1, -0.05) is 50.2 Å². The highest BCUT2D eigenvalue weighted by Crippen LogP contribution is 2.16. The number of ether oxygens (including phenoxy) is 1. The van der Waals surface area contributed by atoms with Crippen molar-refractivity contribution in [2.24, 2.45) is 5.92 Å². The first-order valence-corrected chi connectivity index (χ1v) is 9.38. The van der Waals surface area contributed by atoms with Crippen LogP contribution < -0.4 is 10.9 Å². The van der Waals surface area contributed by atoms with Gasteiger partial charge in [0, 0.05) is 5.39 Å². The molecule has 3 aromatic rings. The van der Waals surface area contributed by atoms with Gasteiger partial charge in [-0.05, 0) is 30.5 Å². The molecule has 1 amide bonds. The molecule has 7 nitrogen and oxygen atoms in total. The smallest absolute Gasteiger partial charge is 0.328 e. The average molecular weight is 393 g/mol. The Balaban J connectivity index is 2.10. The van der Waals surface area contributed by atoms with E-state index < -0.39 is 17.9 Å². The molecule has 0 fully saturated rings. The van der Waals surface area contributed by atoms with E-state index in [1.807, 2.05) is 19.9 Å². The number of rotatable bonds is 6. The summed E-state index contributed by atoms with van der Waals surface area (Å²) in [5.41, 5.74) is 0.292. The summed E-state index contributed by atoms with van der Waals surface area (Å²) in [5.74, 6) is -0.892. The highest BCUT2D eigenvalue weighted by molar-refractivity contribution is 6.05. The van der Waals surface area contributed by atoms with Gasteiger partial charge < -0.3 is 10.1 Å². The van der Waals surface area contributed by atoms with Crippen LogP contribution in [0.2, 0.25) is 0 Å². The summed E-state index contributed by atoms with van der Waals surface area (Å²) >= 11 is 0. The number of nitrogens with zero attached hydrogens (tertiary/aromatic N) is 2. The molecular weight excluding hydrogens is 370 g/mol. The minimum absolute atomic E-state index is 0.0710. The molecule has 0 spiro atoms. The van der Waals surface area contributed by atoms with Gasteiger partial charge in [0.2, 0.25) is 0 Å². The van der Waals surface area contributed by atoms with E-state index in [-0.39, 0.29) is 17.2 Å². The van der Waals surface area contributed by atoms with Gasteiger partial charge in [0.25, 0.3) is 11.5 Å². The fourth-order valence-electron chi connectivity index (χ4n) is 3.16. The second-order valence-electron chi connectivity index (χ2n) is 7.13. The maximum Gasteiger partial charge on any atom is 0.328 e. The van der Waals surface area contributed by atoms with Crippen molar-refractivity contribution < 1.29 is 14.3 Å². The number of fused-ring (bicyclic) bond motifs is 1. The number of esters is 1. The molecule has 29 heavy (non-hydrogen) atoms. The summed E-state index contributed by atoms with van der Waals surface area (Å²) in [6.07, 6.45) is 0.425. The number of aromatic nitrogens is 2. The maximum absolute atomic E-state index is 13.1. The molecule has 1 N–H and O–H groups in total. The molecule has 0 aliphatic carbocycles. The van der Waals surface area contributed by atoms with E-state index >= 15 is 0 Å². The summed E-state index contributed by atoms with van der Waals surface area (Å²) in [6, 6.07) is 14.9. The van der Waals surface area contributed by atoms with Crippen LogP contribution in [-0.4, -0.2) is 34.8 Å². The number of benzene rings is 2. The lowest BCUT2D eigenvalue weighted by Crippen LogP contribution is -2.43. The fourth-order valence-corrected chi connectivity index (χ4v) is 3.16. The van der Waals surface area contributed by atoms with Crippen LogP contribution in [0.5, 0.6) is 0 Å². The number of methoxy groups -OCH3 is 1. The average Bonchev–Trinajstić information content (AvgIpc) is 2.73. The van der Waals surface area contributed by atoms with Gasteiger partial charge in [0.05, 0.1) is 18.2 Å². The van der Waals surface area contributed by atoms with E-state index in [0.29, 0.717) is 22.9 Å². The van der Waals surface area contributed by atoms with E-state index in [1.165, 1.54) is 11.8 Å². The molecule has 1 aromatic heterocycles. The highest BCUT2D eigenvalue weighted by Gasteiger charge is 2.25. The number of carbonyl (C=O) groups excluding carboxylic acids is 2. The van der Waals surface area contributed by atoms with Crippen molar-refractivity contribution in [3.05, 3.63) is 70.6 Å². The standard InChI is InChI=1S/C22H23N3O4/c1-14(2)13-18(22(28)29-3)23-20(26)19-16-11-7-8-12-17(16)21(27)25(24-19)15-9-5-4-6-10-15/h4-12,14,18H,13H2,1-3H3,(H,23,26)/t18-/m1/s1. The van der Waals surface area contributed by atoms with Crippen LogP contribution in [0.4, 0.5) is 0 Å². The molecule has 3 rings (SSSR count). The maximum atomic E-state index is 13.1. The van der Waals surface area contributed by atoms with E-state index in [2.05, 4.69) is 10.4 Å². The van der Waals surface area contributed by atoms with Crippen LogP contribution in [0, 0.1) is 5.92 Å². The molecule has 0 radical (unpaired) electrons. The Labute approximate surface area is 168 Å². The molecule has 0 bridgehead atoms. The van der Waals surface area contributed by atoms with Gasteiger partial charge >= 0.3 is 5.97 Å². The van der Waals surface area contributed by atoms with Crippen molar-refractivity contribution >= 4 is 22.6 Å². The zero-order valence-electron chi connectivity index (χ0n) is 16.6. The Morgan fingerprint density at radius 1 is 1.03 bits per heavy atom. The first-order chi connectivity index (χ1) is 13.9. The largest absolute Gasteiger partial charge is 0.467 e. The minimum Gasteiger partial charge on any atom is -0.467 e. The zero-order chi connectivity index (χ0) is 21.0. The number of hydrogen-bond acceptors (Lipinski definition) is 5. The monoisotopic (exact) mass is 393 g/mol. The third kappa shape index (κ3) is 4.34. The van der Waals surface area contributed by atoms with Crippen LogP contribution in [0.25, 0.3) is 16.5 Å². The predicted molar refractivity (Wildman–Crippen MR) is 110 cm³/mol. The Hall–Kier alpha value is -3.48. The molecular formula is C22H23N3O4. The number of amides is 1. The third-order valence-electron chi connectivity index (χ3n) is 4.52. The topological polar surface area (TPSA) is 90.3 Å². The van der Waals surface area contributed by atoms with Crippen molar-refractivity contribution in [3.8, 4) is 5.69 Å². The number of para-hydroxylation sites is 1. The molecule has 0 aliphatic heterocycles. The van der Waals surface area contributed by atoms with Crippen molar-refractivity contribution in [1.82, 2.24) is 15.1 Å². The van der Waals surface area contributed by atoms with Crippen LogP contribution >= 0.6 is 0 Å². The van der Waals surface area contributed by atoms with Crippen LogP contribution in [-0.2, 0) is 9.53 Å². The van der Waals surface area contributed by atoms with Crippen molar-refractivity contribution in [2.45, 2.75) is 26.3 Å². The summed E-state index contributed by atoms with van der Waals surface area (Å²) in [7, 11) is 1.28. The van der Waals surface area contributed by atoms with Gasteiger partial charge in [-0.2, -0.15) is 9.78 Å². The van der Waals surface area contributed by atoms with Crippen molar-refractivity contribution in [3.63, 3.8) is 0 Å². The van der Waals surface area contributed by atoms with Crippen LogP contribution in [0.3, 0.4) is 0 Å². The predicted octanol–water partition coefficient (Wildman–Crippen LogP) is 2.70. The summed E-state index contributed by atoms with van der Waals surface area (Å²) in [6.45, 7) is 3.90. The van der Waals surface area contributed by atoms with Gasteiger partial charge in [-0.25, -0.2) is 4.79 Å². The SMILES string of the molecule is COC(=O)[C@@H](CC(C)C)NC(=O)c1nn(-c2ccccc2)c(=O)c2ccccc12. The molecule has 2 aromatic carbocycles. The molecule has 1 atom stereocenters. The van der Waals surface area contributed by atoms with E-state index in [0.717, 1.165) is 0 Å². The lowest BCUT2D eigenvalue weighted by molar-refractivity contribution is -0.143. The third-order valence-corrected chi connectivity index (χ3v) is 4.52. The van der Waals surface area contributed by atoms with Crippen LogP contribution in [0.1, 0.15) is 30.8 Å². The normalized spacial score (nSPS) is 12.0. The second-order valence-corrected chi connectivity index (χ2v) is 7.13. The zero-order valence-corrected chi connectivity index (χ0v) is 16.6. The lowest BCUT2D eigenvalue weighted by Gasteiger charge is -2.19. The fraction of sp³-hybridized carbons (Fsp3) is 0.273. The minimum atomic E-state index is -0.801. The first kappa shape index (κ1) is 20.3. The van der Waals surface area contributed by atoms with Crippen molar-refractivity contribution in [2.75, 3.05) is 7.11 Å². The number of nitrogens with one attached hydrogen (secondary N) is 1. The molecule has 0 saturated carbocycles. The van der Waals surface area contributed by atoms with Crippen molar-refractivity contribution in [1.29, 1.82) is 0 Å². The number of carbonyl (C=O) groups is 2. The Morgan fingerprint density at radius 2 is 1.66 bits per heavy atom. The highest BCUT2D eigenvalue weighted by atomic mass is 16.5. The summed E-state index contributed by atoms with van der Waals surface area (Å²) < 4.78 is 6.02. The van der Waals surface area contributed by atoms with Gasteiger partial charge in [-0.15, -0.1) is 0 Å². The Kier molecular flexibility index (Phi) is 6.07. The summed E-state index contributed by atoms with van der Waals surface area (Å²) in [5, 5.41) is 7.84. The Morgan fingerprint density at radius 3 is 2.28 bits per heavy atom. The molecule has 0 saturated heterocycles. The quantitative estimate of drug-likeness (QED) is 0.651. The van der Waals surface area contributed by atoms with E-state index in [4.69, 9.17) is 4.74 Å². The van der Waals surface area contributed by atoms with Gasteiger partial charge in [-0.3, -0.25) is 9.59 Å². The number of hydrogen-bond donors (Lipinski definition) is 1. The summed E-state index contributed by atoms with van der Waals surface area (Å²) in [4.78, 5) is 38.1. The molecule has 0 unspecified atom stereocenters. The lowest BCUT2D eigenvalue weighted by atomic mass is 10.0. The molecule has 1 heterocycles. The molecule has 0 aliphatic rings. The van der Waals surface area contributed by atoms with E-state index in [1.54, 1.807) is 48.5 Å². The Bertz CT molecular complexity index is 1090. The van der Waals surface area contributed by atoms with Gasteiger partial charge in [0.15, 0.2) is 5.69 Å². The molecule has 7 heteroatoms. The molecule has 150 valence electrons. The second kappa shape index (κ2) is 8.68. The van der Waals surface area contributed by atoms with Crippen LogP contribution in [0.15, 0.2) is 59.4 Å².